The van der Waals surface area contributed by atoms with Crippen molar-refractivity contribution >= 4 is 11.6 Å². The van der Waals surface area contributed by atoms with Crippen LogP contribution in [0.1, 0.15) is 27.2 Å². The first-order valence-corrected chi connectivity index (χ1v) is 4.67. The third-order valence-corrected chi connectivity index (χ3v) is 1.90. The molecule has 1 aliphatic carbocycles. The molecule has 0 aromatic rings. The van der Waals surface area contributed by atoms with E-state index in [2.05, 4.69) is 38.2 Å². The number of rotatable bonds is 1. The molecule has 1 nitrogen and oxygen atoms in total. The molecule has 0 aromatic carbocycles. The first-order chi connectivity index (χ1) is 5.47. The maximum absolute atomic E-state index is 5.87. The number of hydrogen-bond donors (Lipinski definition) is 1. The minimum Gasteiger partial charge on any atom is -0.305 e. The Morgan fingerprint density at radius 2 is 2.17 bits per heavy atom. The first kappa shape index (κ1) is 9.82. The summed E-state index contributed by atoms with van der Waals surface area (Å²) in [4.78, 5) is 0. The minimum atomic E-state index is 0.156. The zero-order valence-electron chi connectivity index (χ0n) is 7.89. The van der Waals surface area contributed by atoms with Crippen molar-refractivity contribution in [3.8, 4) is 0 Å². The summed E-state index contributed by atoms with van der Waals surface area (Å²) in [6, 6.07) is 0.391. The molecule has 1 N–H and O–H groups in total. The quantitative estimate of drug-likeness (QED) is 0.663. The molecule has 68 valence electrons. The highest BCUT2D eigenvalue weighted by atomic mass is 35.5. The highest BCUT2D eigenvalue weighted by molar-refractivity contribution is 6.31. The average molecular weight is 186 g/mol. The van der Waals surface area contributed by atoms with E-state index in [1.54, 1.807) is 0 Å². The fourth-order valence-corrected chi connectivity index (χ4v) is 1.54. The third kappa shape index (κ3) is 3.42. The SMILES string of the molecule is CC(C)(C)NC1C=C(Cl)C=CC1. The van der Waals surface area contributed by atoms with Crippen LogP contribution in [0.5, 0.6) is 0 Å². The molecule has 0 amide bonds. The van der Waals surface area contributed by atoms with Gasteiger partial charge in [0.1, 0.15) is 0 Å². The van der Waals surface area contributed by atoms with Crippen LogP contribution < -0.4 is 5.32 Å². The zero-order chi connectivity index (χ0) is 9.19. The maximum atomic E-state index is 5.87. The van der Waals surface area contributed by atoms with Crippen molar-refractivity contribution in [3.05, 3.63) is 23.3 Å². The highest BCUT2D eigenvalue weighted by Crippen LogP contribution is 2.15. The summed E-state index contributed by atoms with van der Waals surface area (Å²) in [6.45, 7) is 6.48. The van der Waals surface area contributed by atoms with Crippen LogP contribution in [0.3, 0.4) is 0 Å². The van der Waals surface area contributed by atoms with E-state index >= 15 is 0 Å². The maximum Gasteiger partial charge on any atom is 0.0378 e. The molecule has 0 fully saturated rings. The fourth-order valence-electron chi connectivity index (χ4n) is 1.30. The Hall–Kier alpha value is -0.270. The summed E-state index contributed by atoms with van der Waals surface area (Å²) in [5.41, 5.74) is 0.156. The molecule has 12 heavy (non-hydrogen) atoms. The second-order valence-electron chi connectivity index (χ2n) is 4.19. The van der Waals surface area contributed by atoms with Gasteiger partial charge in [0.05, 0.1) is 0 Å². The predicted molar refractivity (Wildman–Crippen MR) is 54.4 cm³/mol. The highest BCUT2D eigenvalue weighted by Gasteiger charge is 2.15. The summed E-state index contributed by atoms with van der Waals surface area (Å²) in [7, 11) is 0. The lowest BCUT2D eigenvalue weighted by Crippen LogP contribution is -2.42. The molecule has 0 bridgehead atoms. The number of halogens is 1. The van der Waals surface area contributed by atoms with Crippen LogP contribution in [0.2, 0.25) is 0 Å². The molecule has 0 saturated carbocycles. The zero-order valence-corrected chi connectivity index (χ0v) is 8.65. The second-order valence-corrected chi connectivity index (χ2v) is 4.63. The van der Waals surface area contributed by atoms with Gasteiger partial charge in [-0.15, -0.1) is 0 Å². The Bertz CT molecular complexity index is 210. The van der Waals surface area contributed by atoms with E-state index in [0.29, 0.717) is 6.04 Å². The topological polar surface area (TPSA) is 12.0 Å². The lowest BCUT2D eigenvalue weighted by Gasteiger charge is -2.27. The smallest absolute Gasteiger partial charge is 0.0378 e. The third-order valence-electron chi connectivity index (χ3n) is 1.65. The molecule has 0 heterocycles. The van der Waals surface area contributed by atoms with Gasteiger partial charge in [-0.25, -0.2) is 0 Å². The summed E-state index contributed by atoms with van der Waals surface area (Å²) in [5, 5.41) is 4.31. The molecule has 0 radical (unpaired) electrons. The van der Waals surface area contributed by atoms with Crippen molar-refractivity contribution in [2.24, 2.45) is 0 Å². The minimum absolute atomic E-state index is 0.156. The molecule has 1 unspecified atom stereocenters. The normalized spacial score (nSPS) is 24.0. The second kappa shape index (κ2) is 3.63. The van der Waals surface area contributed by atoms with Crippen LogP contribution in [0.4, 0.5) is 0 Å². The van der Waals surface area contributed by atoms with Crippen LogP contribution in [0.25, 0.3) is 0 Å². The van der Waals surface area contributed by atoms with Gasteiger partial charge in [-0.05, 0) is 39.3 Å². The lowest BCUT2D eigenvalue weighted by atomic mass is 10.0. The van der Waals surface area contributed by atoms with Crippen molar-refractivity contribution in [1.82, 2.24) is 5.32 Å². The van der Waals surface area contributed by atoms with Crippen LogP contribution in [0, 0.1) is 0 Å². The predicted octanol–water partition coefficient (Wildman–Crippen LogP) is 2.83. The number of allylic oxidation sites excluding steroid dienone is 2. The van der Waals surface area contributed by atoms with Crippen molar-refractivity contribution in [3.63, 3.8) is 0 Å². The molecule has 0 aromatic heterocycles. The Labute approximate surface area is 79.5 Å². The van der Waals surface area contributed by atoms with Crippen molar-refractivity contribution in [1.29, 1.82) is 0 Å². The summed E-state index contributed by atoms with van der Waals surface area (Å²) < 4.78 is 0. The van der Waals surface area contributed by atoms with Crippen molar-refractivity contribution < 1.29 is 0 Å². The molecular formula is C10H16ClN. The summed E-state index contributed by atoms with van der Waals surface area (Å²) in [5.74, 6) is 0. The van der Waals surface area contributed by atoms with Gasteiger partial charge >= 0.3 is 0 Å². The Morgan fingerprint density at radius 3 is 2.67 bits per heavy atom. The number of hydrogen-bond acceptors (Lipinski definition) is 1. The molecule has 0 spiro atoms. The standard InChI is InChI=1S/C10H16ClN/c1-10(2,3)12-9-6-4-5-8(11)7-9/h4-5,7,9,12H,6H2,1-3H3. The molecule has 0 aliphatic heterocycles. The van der Waals surface area contributed by atoms with Gasteiger partial charge in [0.2, 0.25) is 0 Å². The molecular weight excluding hydrogens is 170 g/mol. The van der Waals surface area contributed by atoms with E-state index in [1.165, 1.54) is 0 Å². The van der Waals surface area contributed by atoms with Crippen LogP contribution in [0.15, 0.2) is 23.3 Å². The van der Waals surface area contributed by atoms with Gasteiger partial charge in [-0.1, -0.05) is 17.7 Å². The Balaban J connectivity index is 2.51. The van der Waals surface area contributed by atoms with Gasteiger partial charge < -0.3 is 5.32 Å². The molecule has 2 heteroatoms. The van der Waals surface area contributed by atoms with Gasteiger partial charge in [0, 0.05) is 16.6 Å². The fraction of sp³-hybridized carbons (Fsp3) is 0.600. The van der Waals surface area contributed by atoms with E-state index < -0.39 is 0 Å². The molecule has 1 atom stereocenters. The van der Waals surface area contributed by atoms with Crippen molar-refractivity contribution in [2.75, 3.05) is 0 Å². The van der Waals surface area contributed by atoms with E-state index in [4.69, 9.17) is 11.6 Å². The number of nitrogens with one attached hydrogen (secondary N) is 1. The van der Waals surface area contributed by atoms with Gasteiger partial charge in [-0.3, -0.25) is 0 Å². The average Bonchev–Trinajstić information content (AvgIpc) is 1.82. The van der Waals surface area contributed by atoms with Crippen LogP contribution in [-0.4, -0.2) is 11.6 Å². The van der Waals surface area contributed by atoms with E-state index in [1.807, 2.05) is 6.08 Å². The van der Waals surface area contributed by atoms with E-state index in [0.717, 1.165) is 11.5 Å². The summed E-state index contributed by atoms with van der Waals surface area (Å²) in [6.07, 6.45) is 7.15. The molecule has 0 saturated heterocycles. The van der Waals surface area contributed by atoms with Gasteiger partial charge in [0.25, 0.3) is 0 Å². The largest absolute Gasteiger partial charge is 0.305 e. The molecule has 1 aliphatic rings. The monoisotopic (exact) mass is 185 g/mol. The van der Waals surface area contributed by atoms with Gasteiger partial charge in [-0.2, -0.15) is 0 Å². The Kier molecular flexibility index (Phi) is 2.97. The molecule has 1 rings (SSSR count). The van der Waals surface area contributed by atoms with E-state index in [-0.39, 0.29) is 5.54 Å². The first-order valence-electron chi connectivity index (χ1n) is 4.29. The lowest BCUT2D eigenvalue weighted by molar-refractivity contribution is 0.391. The Morgan fingerprint density at radius 1 is 1.50 bits per heavy atom. The van der Waals surface area contributed by atoms with Crippen molar-refractivity contribution in [2.45, 2.75) is 38.8 Å². The summed E-state index contributed by atoms with van der Waals surface area (Å²) >= 11 is 5.87. The van der Waals surface area contributed by atoms with Crippen LogP contribution in [-0.2, 0) is 0 Å². The van der Waals surface area contributed by atoms with Gasteiger partial charge in [0.15, 0.2) is 0 Å². The van der Waals surface area contributed by atoms with Crippen LogP contribution >= 0.6 is 11.6 Å². The van der Waals surface area contributed by atoms with E-state index in [9.17, 15) is 0 Å².